The summed E-state index contributed by atoms with van der Waals surface area (Å²) in [5.74, 6) is 0.0634. The van der Waals surface area contributed by atoms with Crippen LogP contribution >= 0.6 is 0 Å². The molecule has 0 heterocycles. The molecule has 0 aromatic heterocycles. The van der Waals surface area contributed by atoms with Crippen LogP contribution in [0.3, 0.4) is 0 Å². The third-order valence-corrected chi connectivity index (χ3v) is 1.94. The summed E-state index contributed by atoms with van der Waals surface area (Å²) in [7, 11) is 1.72. The predicted octanol–water partition coefficient (Wildman–Crippen LogP) is 1.08. The topological polar surface area (TPSA) is 67.4 Å². The molecule has 1 atom stereocenters. The number of amides is 1. The van der Waals surface area contributed by atoms with Gasteiger partial charge in [-0.3, -0.25) is 4.79 Å². The predicted molar refractivity (Wildman–Crippen MR) is 62.4 cm³/mol. The zero-order valence-corrected chi connectivity index (χ0v) is 10.7. The number of nitrogens with one attached hydrogen (secondary N) is 2. The molecule has 16 heavy (non-hydrogen) atoms. The van der Waals surface area contributed by atoms with E-state index in [1.807, 2.05) is 0 Å². The Kier molecular flexibility index (Phi) is 6.03. The summed E-state index contributed by atoms with van der Waals surface area (Å²) in [6.07, 6.45) is 0.108. The van der Waals surface area contributed by atoms with Gasteiger partial charge < -0.3 is 15.4 Å². The van der Waals surface area contributed by atoms with Crippen LogP contribution in [0, 0.1) is 0 Å². The zero-order valence-electron chi connectivity index (χ0n) is 10.7. The smallest absolute Gasteiger partial charge is 0.407 e. The Balaban J connectivity index is 3.81. The number of likely N-dealkylation sites (N-methyl/N-ethyl adjacent to an activating group) is 1. The van der Waals surface area contributed by atoms with Gasteiger partial charge in [-0.2, -0.15) is 0 Å². The molecule has 0 aliphatic carbocycles. The maximum absolute atomic E-state index is 11.3. The van der Waals surface area contributed by atoms with Crippen LogP contribution in [0.5, 0.6) is 0 Å². The van der Waals surface area contributed by atoms with Crippen LogP contribution in [0.4, 0.5) is 4.79 Å². The van der Waals surface area contributed by atoms with Crippen molar-refractivity contribution >= 4 is 11.9 Å². The third kappa shape index (κ3) is 7.23. The van der Waals surface area contributed by atoms with Crippen LogP contribution in [0.25, 0.3) is 0 Å². The van der Waals surface area contributed by atoms with Gasteiger partial charge in [-0.05, 0) is 41.2 Å². The molecule has 5 heteroatoms. The molecular formula is C11H22N2O3. The summed E-state index contributed by atoms with van der Waals surface area (Å²) < 4.78 is 5.06. The molecule has 0 aromatic rings. The molecule has 0 rings (SSSR count). The van der Waals surface area contributed by atoms with Gasteiger partial charge in [0.25, 0.3) is 0 Å². The van der Waals surface area contributed by atoms with E-state index in [0.717, 1.165) is 0 Å². The molecule has 1 amide bonds. The average molecular weight is 230 g/mol. The van der Waals surface area contributed by atoms with E-state index >= 15 is 0 Å². The van der Waals surface area contributed by atoms with Crippen molar-refractivity contribution in [2.24, 2.45) is 0 Å². The van der Waals surface area contributed by atoms with E-state index in [2.05, 4.69) is 10.6 Å². The molecule has 5 nitrogen and oxygen atoms in total. The number of hydrogen-bond donors (Lipinski definition) is 2. The molecule has 0 radical (unpaired) electrons. The van der Waals surface area contributed by atoms with Gasteiger partial charge in [0, 0.05) is 6.54 Å². The van der Waals surface area contributed by atoms with Crippen LogP contribution in [-0.4, -0.2) is 37.1 Å². The number of carbonyl (C=O) groups excluding carboxylic acids is 2. The summed E-state index contributed by atoms with van der Waals surface area (Å²) in [5, 5.41) is 5.49. The highest BCUT2D eigenvalue weighted by atomic mass is 16.6. The molecule has 0 aliphatic rings. The second kappa shape index (κ2) is 6.48. The fourth-order valence-electron chi connectivity index (χ4n) is 1.18. The molecule has 0 saturated heterocycles. The van der Waals surface area contributed by atoms with Crippen LogP contribution < -0.4 is 10.6 Å². The van der Waals surface area contributed by atoms with Gasteiger partial charge in [0.05, 0.1) is 6.04 Å². The summed E-state index contributed by atoms with van der Waals surface area (Å²) in [6.45, 7) is 7.35. The Hall–Kier alpha value is -1.10. The average Bonchev–Trinajstić information content (AvgIpc) is 2.08. The minimum atomic E-state index is -0.493. The fraction of sp³-hybridized carbons (Fsp3) is 0.818. The Labute approximate surface area is 96.9 Å². The van der Waals surface area contributed by atoms with Crippen LogP contribution in [0.1, 0.15) is 34.1 Å². The molecule has 1 unspecified atom stereocenters. The van der Waals surface area contributed by atoms with E-state index < -0.39 is 11.7 Å². The van der Waals surface area contributed by atoms with Crippen molar-refractivity contribution in [1.82, 2.24) is 10.6 Å². The molecule has 2 N–H and O–H groups in total. The summed E-state index contributed by atoms with van der Waals surface area (Å²) in [4.78, 5) is 22.3. The zero-order chi connectivity index (χ0) is 12.8. The second-order valence-electron chi connectivity index (χ2n) is 4.67. The Bertz CT molecular complexity index is 246. The van der Waals surface area contributed by atoms with Crippen molar-refractivity contribution in [2.75, 3.05) is 13.6 Å². The van der Waals surface area contributed by atoms with Gasteiger partial charge in [-0.15, -0.1) is 0 Å². The minimum absolute atomic E-state index is 0.0634. The number of hydrogen-bond acceptors (Lipinski definition) is 4. The largest absolute Gasteiger partial charge is 0.444 e. The molecule has 0 bridgehead atoms. The monoisotopic (exact) mass is 230 g/mol. The Morgan fingerprint density at radius 3 is 2.25 bits per heavy atom. The van der Waals surface area contributed by atoms with Gasteiger partial charge in [-0.1, -0.05) is 0 Å². The lowest BCUT2D eigenvalue weighted by atomic mass is 10.1. The number of Topliss-reactive ketones (excluding diaryl/α,β-unsaturated/α-hetero) is 1. The van der Waals surface area contributed by atoms with Crippen LogP contribution in [0.2, 0.25) is 0 Å². The quantitative estimate of drug-likeness (QED) is 0.741. The van der Waals surface area contributed by atoms with Gasteiger partial charge in [0.15, 0.2) is 0 Å². The molecule has 0 aromatic carbocycles. The van der Waals surface area contributed by atoms with Crippen molar-refractivity contribution in [3.05, 3.63) is 0 Å². The minimum Gasteiger partial charge on any atom is -0.444 e. The normalized spacial score (nSPS) is 13.1. The van der Waals surface area contributed by atoms with Crippen molar-refractivity contribution in [2.45, 2.75) is 45.8 Å². The maximum atomic E-state index is 11.3. The van der Waals surface area contributed by atoms with Crippen molar-refractivity contribution < 1.29 is 14.3 Å². The van der Waals surface area contributed by atoms with E-state index in [-0.39, 0.29) is 11.8 Å². The highest BCUT2D eigenvalue weighted by molar-refractivity contribution is 5.81. The number of alkyl carbamates (subject to hydrolysis) is 1. The van der Waals surface area contributed by atoms with Crippen molar-refractivity contribution in [3.63, 3.8) is 0 Å². The van der Waals surface area contributed by atoms with E-state index in [1.165, 1.54) is 6.92 Å². The standard InChI is InChI=1S/C11H22N2O3/c1-8(14)9(12-5)6-7-13-10(15)16-11(2,3)4/h9,12H,6-7H2,1-5H3,(H,13,15). The summed E-state index contributed by atoms with van der Waals surface area (Å²) in [5.41, 5.74) is -0.493. The number of ketones is 1. The Morgan fingerprint density at radius 2 is 1.88 bits per heavy atom. The van der Waals surface area contributed by atoms with E-state index in [1.54, 1.807) is 27.8 Å². The first kappa shape index (κ1) is 14.9. The van der Waals surface area contributed by atoms with Gasteiger partial charge in [-0.25, -0.2) is 4.79 Å². The van der Waals surface area contributed by atoms with Crippen LogP contribution in [0.15, 0.2) is 0 Å². The lowest BCUT2D eigenvalue weighted by molar-refractivity contribution is -0.119. The molecule has 0 saturated carbocycles. The third-order valence-electron chi connectivity index (χ3n) is 1.94. The SMILES string of the molecule is CNC(CCNC(=O)OC(C)(C)C)C(C)=O. The summed E-state index contributed by atoms with van der Waals surface area (Å²) >= 11 is 0. The van der Waals surface area contributed by atoms with Crippen molar-refractivity contribution in [1.29, 1.82) is 0 Å². The number of ether oxygens (including phenoxy) is 1. The van der Waals surface area contributed by atoms with Gasteiger partial charge in [0.1, 0.15) is 11.4 Å². The molecule has 0 spiro atoms. The summed E-state index contributed by atoms with van der Waals surface area (Å²) in [6, 6.07) is -0.213. The van der Waals surface area contributed by atoms with Gasteiger partial charge in [0.2, 0.25) is 0 Å². The highest BCUT2D eigenvalue weighted by Crippen LogP contribution is 2.06. The second-order valence-corrected chi connectivity index (χ2v) is 4.67. The molecule has 0 aliphatic heterocycles. The number of rotatable bonds is 5. The Morgan fingerprint density at radius 1 is 1.31 bits per heavy atom. The first-order chi connectivity index (χ1) is 7.26. The molecule has 94 valence electrons. The maximum Gasteiger partial charge on any atom is 0.407 e. The van der Waals surface area contributed by atoms with Crippen LogP contribution in [-0.2, 0) is 9.53 Å². The van der Waals surface area contributed by atoms with E-state index in [0.29, 0.717) is 13.0 Å². The molecule has 0 fully saturated rings. The van der Waals surface area contributed by atoms with E-state index in [4.69, 9.17) is 4.74 Å². The lowest BCUT2D eigenvalue weighted by Crippen LogP contribution is -2.38. The number of carbonyl (C=O) groups is 2. The van der Waals surface area contributed by atoms with E-state index in [9.17, 15) is 9.59 Å². The molecular weight excluding hydrogens is 208 g/mol. The fourth-order valence-corrected chi connectivity index (χ4v) is 1.18. The highest BCUT2D eigenvalue weighted by Gasteiger charge is 2.16. The first-order valence-electron chi connectivity index (χ1n) is 5.41. The lowest BCUT2D eigenvalue weighted by Gasteiger charge is -2.20. The van der Waals surface area contributed by atoms with Crippen molar-refractivity contribution in [3.8, 4) is 0 Å². The first-order valence-corrected chi connectivity index (χ1v) is 5.41. The van der Waals surface area contributed by atoms with Gasteiger partial charge >= 0.3 is 6.09 Å².